The number of para-hydroxylation sites is 1. The number of nitrogens with one attached hydrogen (secondary N) is 1. The van der Waals surface area contributed by atoms with Crippen molar-refractivity contribution in [3.63, 3.8) is 0 Å². The monoisotopic (exact) mass is 338 g/mol. The molecule has 1 saturated heterocycles. The van der Waals surface area contributed by atoms with Gasteiger partial charge in [-0.25, -0.2) is 0 Å². The number of rotatable bonds is 6. The molecule has 0 radical (unpaired) electrons. The van der Waals surface area contributed by atoms with Gasteiger partial charge in [0.05, 0.1) is 0 Å². The van der Waals surface area contributed by atoms with Crippen molar-refractivity contribution in [3.05, 3.63) is 60.2 Å². The second kappa shape index (κ2) is 8.67. The summed E-state index contributed by atoms with van der Waals surface area (Å²) >= 11 is 0. The van der Waals surface area contributed by atoms with Crippen LogP contribution in [0.4, 0.5) is 5.69 Å². The molecule has 4 nitrogen and oxygen atoms in total. The van der Waals surface area contributed by atoms with E-state index in [0.29, 0.717) is 5.75 Å². The Morgan fingerprint density at radius 2 is 1.76 bits per heavy atom. The molecule has 1 heterocycles. The highest BCUT2D eigenvalue weighted by molar-refractivity contribution is 5.91. The quantitative estimate of drug-likeness (QED) is 0.867. The van der Waals surface area contributed by atoms with Crippen LogP contribution in [0.25, 0.3) is 0 Å². The van der Waals surface area contributed by atoms with Crippen molar-refractivity contribution in [2.45, 2.75) is 26.3 Å². The summed E-state index contributed by atoms with van der Waals surface area (Å²) in [5, 5.41) is 2.87. The van der Waals surface area contributed by atoms with Gasteiger partial charge in [0.25, 0.3) is 5.91 Å². The maximum absolute atomic E-state index is 12.0. The molecular weight excluding hydrogens is 312 g/mol. The molecule has 3 rings (SSSR count). The fourth-order valence-electron chi connectivity index (χ4n) is 3.03. The van der Waals surface area contributed by atoms with Gasteiger partial charge in [-0.2, -0.15) is 0 Å². The number of hydrogen-bond donors (Lipinski definition) is 1. The molecular formula is C21H26N2O2. The summed E-state index contributed by atoms with van der Waals surface area (Å²) in [5.74, 6) is 1.40. The van der Waals surface area contributed by atoms with Gasteiger partial charge < -0.3 is 10.1 Å². The van der Waals surface area contributed by atoms with E-state index >= 15 is 0 Å². The van der Waals surface area contributed by atoms with Crippen LogP contribution in [0.15, 0.2) is 54.6 Å². The predicted octanol–water partition coefficient (Wildman–Crippen LogP) is 3.94. The van der Waals surface area contributed by atoms with Crippen molar-refractivity contribution in [2.24, 2.45) is 5.92 Å². The zero-order valence-electron chi connectivity index (χ0n) is 14.8. The first-order valence-electron chi connectivity index (χ1n) is 8.98. The van der Waals surface area contributed by atoms with Crippen molar-refractivity contribution >= 4 is 11.6 Å². The van der Waals surface area contributed by atoms with E-state index in [4.69, 9.17) is 4.74 Å². The molecule has 1 aliphatic rings. The van der Waals surface area contributed by atoms with Crippen LogP contribution in [0.1, 0.15) is 25.3 Å². The molecule has 1 amide bonds. The zero-order valence-corrected chi connectivity index (χ0v) is 14.8. The molecule has 4 heteroatoms. The SMILES string of the molecule is CC1CCN(Cc2ccc(NC(=O)COc3ccccc3)cc2)CC1. The number of benzene rings is 2. The molecule has 0 saturated carbocycles. The van der Waals surface area contributed by atoms with Crippen LogP contribution in [0, 0.1) is 5.92 Å². The number of amides is 1. The van der Waals surface area contributed by atoms with Crippen LogP contribution in [0.5, 0.6) is 5.75 Å². The standard InChI is InChI=1S/C21H26N2O2/c1-17-11-13-23(14-12-17)15-18-7-9-19(10-8-18)22-21(24)16-25-20-5-3-2-4-6-20/h2-10,17H,11-16H2,1H3,(H,22,24). The van der Waals surface area contributed by atoms with Gasteiger partial charge in [0.2, 0.25) is 0 Å². The minimum Gasteiger partial charge on any atom is -0.484 e. The summed E-state index contributed by atoms with van der Waals surface area (Å²) in [6, 6.07) is 17.5. The van der Waals surface area contributed by atoms with E-state index in [1.54, 1.807) is 0 Å². The predicted molar refractivity (Wildman–Crippen MR) is 101 cm³/mol. The maximum Gasteiger partial charge on any atom is 0.262 e. The summed E-state index contributed by atoms with van der Waals surface area (Å²) in [5.41, 5.74) is 2.09. The molecule has 0 atom stereocenters. The molecule has 2 aromatic carbocycles. The van der Waals surface area contributed by atoms with Crippen LogP contribution in [0.3, 0.4) is 0 Å². The van der Waals surface area contributed by atoms with E-state index in [1.165, 1.54) is 31.5 Å². The lowest BCUT2D eigenvalue weighted by Crippen LogP contribution is -2.32. The molecule has 25 heavy (non-hydrogen) atoms. The molecule has 0 bridgehead atoms. The Morgan fingerprint density at radius 1 is 1.08 bits per heavy atom. The number of likely N-dealkylation sites (tertiary alicyclic amines) is 1. The first-order valence-corrected chi connectivity index (χ1v) is 8.98. The zero-order chi connectivity index (χ0) is 17.5. The summed E-state index contributed by atoms with van der Waals surface area (Å²) in [6.07, 6.45) is 2.57. The Kier molecular flexibility index (Phi) is 6.07. The average molecular weight is 338 g/mol. The highest BCUT2D eigenvalue weighted by atomic mass is 16.5. The van der Waals surface area contributed by atoms with Gasteiger partial charge in [-0.15, -0.1) is 0 Å². The Hall–Kier alpha value is -2.33. The number of piperidine rings is 1. The number of anilines is 1. The summed E-state index contributed by atoms with van der Waals surface area (Å²) in [7, 11) is 0. The number of ether oxygens (including phenoxy) is 1. The van der Waals surface area contributed by atoms with Crippen molar-refractivity contribution in [2.75, 3.05) is 25.0 Å². The lowest BCUT2D eigenvalue weighted by atomic mass is 9.99. The van der Waals surface area contributed by atoms with Gasteiger partial charge >= 0.3 is 0 Å². The van der Waals surface area contributed by atoms with Crippen LogP contribution in [-0.4, -0.2) is 30.5 Å². The van der Waals surface area contributed by atoms with Gasteiger partial charge in [-0.1, -0.05) is 37.3 Å². The topological polar surface area (TPSA) is 41.6 Å². The molecule has 132 valence electrons. The molecule has 0 spiro atoms. The lowest BCUT2D eigenvalue weighted by Gasteiger charge is -2.30. The Morgan fingerprint density at radius 3 is 2.44 bits per heavy atom. The molecule has 1 fully saturated rings. The van der Waals surface area contributed by atoms with Gasteiger partial charge in [0.15, 0.2) is 6.61 Å². The van der Waals surface area contributed by atoms with E-state index in [0.717, 1.165) is 18.2 Å². The minimum atomic E-state index is -0.151. The maximum atomic E-state index is 12.0. The van der Waals surface area contributed by atoms with Crippen molar-refractivity contribution in [3.8, 4) is 5.75 Å². The highest BCUT2D eigenvalue weighted by Crippen LogP contribution is 2.19. The fraction of sp³-hybridized carbons (Fsp3) is 0.381. The second-order valence-corrected chi connectivity index (χ2v) is 6.81. The van der Waals surface area contributed by atoms with E-state index in [9.17, 15) is 4.79 Å². The van der Waals surface area contributed by atoms with E-state index in [2.05, 4.69) is 29.3 Å². The van der Waals surface area contributed by atoms with Crippen molar-refractivity contribution < 1.29 is 9.53 Å². The second-order valence-electron chi connectivity index (χ2n) is 6.81. The van der Waals surface area contributed by atoms with Crippen LogP contribution in [-0.2, 0) is 11.3 Å². The summed E-state index contributed by atoms with van der Waals surface area (Å²) in [6.45, 7) is 5.68. The minimum absolute atomic E-state index is 0.0116. The third-order valence-corrected chi connectivity index (χ3v) is 4.63. The van der Waals surface area contributed by atoms with E-state index < -0.39 is 0 Å². The van der Waals surface area contributed by atoms with Crippen LogP contribution in [0.2, 0.25) is 0 Å². The van der Waals surface area contributed by atoms with Crippen LogP contribution < -0.4 is 10.1 Å². The number of hydrogen-bond acceptors (Lipinski definition) is 3. The fourth-order valence-corrected chi connectivity index (χ4v) is 3.03. The number of carbonyl (C=O) groups is 1. The molecule has 0 aliphatic carbocycles. The summed E-state index contributed by atoms with van der Waals surface area (Å²) < 4.78 is 5.45. The smallest absolute Gasteiger partial charge is 0.262 e. The number of nitrogens with zero attached hydrogens (tertiary/aromatic N) is 1. The summed E-state index contributed by atoms with van der Waals surface area (Å²) in [4.78, 5) is 14.5. The van der Waals surface area contributed by atoms with Gasteiger partial charge in [-0.05, 0) is 61.7 Å². The largest absolute Gasteiger partial charge is 0.484 e. The van der Waals surface area contributed by atoms with E-state index in [1.807, 2.05) is 42.5 Å². The average Bonchev–Trinajstić information content (AvgIpc) is 2.64. The Labute approximate surface area is 149 Å². The third-order valence-electron chi connectivity index (χ3n) is 4.63. The van der Waals surface area contributed by atoms with Gasteiger partial charge in [0, 0.05) is 12.2 Å². The third kappa shape index (κ3) is 5.61. The van der Waals surface area contributed by atoms with Gasteiger partial charge in [0.1, 0.15) is 5.75 Å². The molecule has 2 aromatic rings. The molecule has 1 N–H and O–H groups in total. The van der Waals surface area contributed by atoms with Crippen LogP contribution >= 0.6 is 0 Å². The highest BCUT2D eigenvalue weighted by Gasteiger charge is 2.15. The first kappa shape index (κ1) is 17.5. The van der Waals surface area contributed by atoms with E-state index in [-0.39, 0.29) is 12.5 Å². The Bertz CT molecular complexity index is 662. The van der Waals surface area contributed by atoms with Gasteiger partial charge in [-0.3, -0.25) is 9.69 Å². The number of carbonyl (C=O) groups excluding carboxylic acids is 1. The molecule has 0 unspecified atom stereocenters. The van der Waals surface area contributed by atoms with Crippen molar-refractivity contribution in [1.29, 1.82) is 0 Å². The molecule has 1 aliphatic heterocycles. The molecule has 0 aromatic heterocycles. The first-order chi connectivity index (χ1) is 12.2. The lowest BCUT2D eigenvalue weighted by molar-refractivity contribution is -0.118. The normalized spacial score (nSPS) is 15.7. The Balaban J connectivity index is 1.44. The van der Waals surface area contributed by atoms with Crippen molar-refractivity contribution in [1.82, 2.24) is 4.90 Å².